The molecule has 4 atom stereocenters. The minimum atomic E-state index is -0.826. The molecule has 6 rings (SSSR count). The van der Waals surface area contributed by atoms with Gasteiger partial charge in [-0.15, -0.1) is 0 Å². The Balaban J connectivity index is 1.84. The lowest BCUT2D eigenvalue weighted by Gasteiger charge is -2.53. The van der Waals surface area contributed by atoms with Crippen LogP contribution in [0, 0.1) is 5.92 Å². The third-order valence-corrected chi connectivity index (χ3v) is 6.38. The van der Waals surface area contributed by atoms with E-state index in [1.807, 2.05) is 12.1 Å². The molecule has 4 heterocycles. The van der Waals surface area contributed by atoms with E-state index in [2.05, 4.69) is 35.0 Å². The van der Waals surface area contributed by atoms with Crippen molar-refractivity contribution in [2.24, 2.45) is 5.92 Å². The van der Waals surface area contributed by atoms with Gasteiger partial charge in [0.1, 0.15) is 5.41 Å². The van der Waals surface area contributed by atoms with Gasteiger partial charge in [-0.3, -0.25) is 9.69 Å². The van der Waals surface area contributed by atoms with Gasteiger partial charge in [-0.2, -0.15) is 0 Å². The summed E-state index contributed by atoms with van der Waals surface area (Å²) in [4.78, 5) is 18.6. The Morgan fingerprint density at radius 2 is 2.25 bits per heavy atom. The standard InChI is InChI=1S/C20H22N2O2/c1-2-13-9-12-10-20(19(23)24)17-15(7-8-22(11-12)18(13)20)14-5-3-4-6-16(14)21-17/h3-6,9,12,18,21H,2,7-8,10-11H2,1H3,(H,23,24)/t12?,18?,20-/m0/s1. The van der Waals surface area contributed by atoms with Crippen LogP contribution < -0.4 is 0 Å². The molecule has 2 N–H and O–H groups in total. The summed E-state index contributed by atoms with van der Waals surface area (Å²) in [5, 5.41) is 11.6. The molecule has 1 aromatic heterocycles. The number of para-hydroxylation sites is 1. The lowest BCUT2D eigenvalue weighted by atomic mass is 9.60. The number of carbonyl (C=O) groups is 1. The SMILES string of the molecule is CCC1=CC2CN3CCc4c([nH]c5ccccc45)[C@@](C(=O)O)(C2)C13. The van der Waals surface area contributed by atoms with Crippen LogP contribution in [0.4, 0.5) is 0 Å². The zero-order valence-electron chi connectivity index (χ0n) is 13.9. The molecular formula is C20H22N2O2. The largest absolute Gasteiger partial charge is 0.480 e. The van der Waals surface area contributed by atoms with Crippen molar-refractivity contribution < 1.29 is 9.90 Å². The number of aromatic nitrogens is 1. The van der Waals surface area contributed by atoms with Crippen molar-refractivity contribution in [3.8, 4) is 0 Å². The van der Waals surface area contributed by atoms with E-state index in [-0.39, 0.29) is 6.04 Å². The third kappa shape index (κ3) is 1.59. The average Bonchev–Trinajstić information content (AvgIpc) is 2.94. The first-order valence-electron chi connectivity index (χ1n) is 8.93. The molecule has 1 fully saturated rings. The van der Waals surface area contributed by atoms with Gasteiger partial charge in [0.05, 0.1) is 6.04 Å². The summed E-state index contributed by atoms with van der Waals surface area (Å²) in [6, 6.07) is 8.25. The number of benzene rings is 1. The number of rotatable bonds is 2. The molecule has 3 aliphatic heterocycles. The second kappa shape index (κ2) is 4.73. The molecule has 2 aromatic rings. The highest BCUT2D eigenvalue weighted by Crippen LogP contribution is 2.52. The summed E-state index contributed by atoms with van der Waals surface area (Å²) in [6.45, 7) is 4.11. The maximum absolute atomic E-state index is 12.7. The van der Waals surface area contributed by atoms with Crippen molar-refractivity contribution in [1.29, 1.82) is 0 Å². The number of piperidine rings is 1. The molecule has 0 amide bonds. The molecule has 4 nitrogen and oxygen atoms in total. The number of fused-ring (bicyclic) bond motifs is 3. The molecule has 1 aromatic carbocycles. The predicted octanol–water partition coefficient (Wildman–Crippen LogP) is 3.09. The van der Waals surface area contributed by atoms with Crippen LogP contribution in [0.5, 0.6) is 0 Å². The summed E-state index contributed by atoms with van der Waals surface area (Å²) in [7, 11) is 0. The van der Waals surface area contributed by atoms with E-state index in [0.717, 1.165) is 37.1 Å². The molecule has 4 aliphatic rings. The fraction of sp³-hybridized carbons (Fsp3) is 0.450. The summed E-state index contributed by atoms with van der Waals surface area (Å²) in [5.41, 5.74) is 3.74. The van der Waals surface area contributed by atoms with Crippen LogP contribution in [0.1, 0.15) is 31.0 Å². The van der Waals surface area contributed by atoms with Gasteiger partial charge in [0.15, 0.2) is 0 Å². The van der Waals surface area contributed by atoms with Crippen molar-refractivity contribution in [3.63, 3.8) is 0 Å². The average molecular weight is 322 g/mol. The lowest BCUT2D eigenvalue weighted by Crippen LogP contribution is -2.63. The number of nitrogens with one attached hydrogen (secondary N) is 1. The molecule has 0 spiro atoms. The Morgan fingerprint density at radius 1 is 1.42 bits per heavy atom. The number of aromatic amines is 1. The summed E-state index contributed by atoms with van der Waals surface area (Å²) in [6.07, 6.45) is 4.93. The van der Waals surface area contributed by atoms with Crippen molar-refractivity contribution in [1.82, 2.24) is 9.88 Å². The molecule has 4 heteroatoms. The maximum Gasteiger partial charge on any atom is 0.317 e. The number of carboxylic acids is 1. The number of aliphatic carboxylic acids is 1. The lowest BCUT2D eigenvalue weighted by molar-refractivity contribution is -0.150. The van der Waals surface area contributed by atoms with E-state index in [4.69, 9.17) is 0 Å². The van der Waals surface area contributed by atoms with Gasteiger partial charge < -0.3 is 10.1 Å². The maximum atomic E-state index is 12.7. The van der Waals surface area contributed by atoms with E-state index in [1.54, 1.807) is 0 Å². The first-order chi connectivity index (χ1) is 11.6. The van der Waals surface area contributed by atoms with Crippen molar-refractivity contribution in [3.05, 3.63) is 47.2 Å². The van der Waals surface area contributed by atoms with Gasteiger partial charge >= 0.3 is 5.97 Å². The summed E-state index contributed by atoms with van der Waals surface area (Å²) < 4.78 is 0. The molecule has 124 valence electrons. The Hall–Kier alpha value is -2.07. The van der Waals surface area contributed by atoms with E-state index >= 15 is 0 Å². The van der Waals surface area contributed by atoms with Crippen LogP contribution in [0.25, 0.3) is 10.9 Å². The van der Waals surface area contributed by atoms with E-state index in [1.165, 1.54) is 16.5 Å². The molecule has 24 heavy (non-hydrogen) atoms. The topological polar surface area (TPSA) is 56.3 Å². The quantitative estimate of drug-likeness (QED) is 0.836. The highest BCUT2D eigenvalue weighted by atomic mass is 16.4. The highest BCUT2D eigenvalue weighted by Gasteiger charge is 2.59. The molecular weight excluding hydrogens is 300 g/mol. The van der Waals surface area contributed by atoms with Crippen molar-refractivity contribution >= 4 is 16.9 Å². The van der Waals surface area contributed by atoms with E-state index < -0.39 is 11.4 Å². The Labute approximate surface area is 141 Å². The van der Waals surface area contributed by atoms with Crippen LogP contribution in [0.2, 0.25) is 0 Å². The van der Waals surface area contributed by atoms with Crippen LogP contribution in [0.15, 0.2) is 35.9 Å². The second-order valence-corrected chi connectivity index (χ2v) is 7.51. The minimum absolute atomic E-state index is 0.000637. The molecule has 3 unspecified atom stereocenters. The van der Waals surface area contributed by atoms with Crippen LogP contribution in [0.3, 0.4) is 0 Å². The number of hydrogen-bond acceptors (Lipinski definition) is 2. The number of hydrogen-bond donors (Lipinski definition) is 2. The van der Waals surface area contributed by atoms with E-state index in [0.29, 0.717) is 12.3 Å². The zero-order chi connectivity index (χ0) is 16.5. The summed E-state index contributed by atoms with van der Waals surface area (Å²) in [5.74, 6) is -0.325. The number of nitrogens with zero attached hydrogens (tertiary/aromatic N) is 1. The Morgan fingerprint density at radius 3 is 3.04 bits per heavy atom. The Bertz CT molecular complexity index is 881. The van der Waals surface area contributed by atoms with E-state index in [9.17, 15) is 9.90 Å². The molecule has 0 radical (unpaired) electrons. The van der Waals surface area contributed by atoms with Gasteiger partial charge in [0.2, 0.25) is 0 Å². The van der Waals surface area contributed by atoms with Gasteiger partial charge in [-0.25, -0.2) is 0 Å². The number of H-pyrrole nitrogens is 1. The zero-order valence-corrected chi connectivity index (χ0v) is 13.9. The molecule has 1 aliphatic carbocycles. The molecule has 1 saturated heterocycles. The fourth-order valence-electron chi connectivity index (χ4n) is 5.54. The first kappa shape index (κ1) is 14.3. The van der Waals surface area contributed by atoms with Crippen LogP contribution >= 0.6 is 0 Å². The van der Waals surface area contributed by atoms with Gasteiger partial charge in [-0.1, -0.05) is 36.8 Å². The fourth-order valence-corrected chi connectivity index (χ4v) is 5.54. The monoisotopic (exact) mass is 322 g/mol. The van der Waals surface area contributed by atoms with Crippen molar-refractivity contribution in [2.45, 2.75) is 37.6 Å². The van der Waals surface area contributed by atoms with Gasteiger partial charge in [0.25, 0.3) is 0 Å². The highest BCUT2D eigenvalue weighted by molar-refractivity contribution is 5.91. The smallest absolute Gasteiger partial charge is 0.317 e. The minimum Gasteiger partial charge on any atom is -0.480 e. The van der Waals surface area contributed by atoms with Crippen LogP contribution in [-0.2, 0) is 16.6 Å². The van der Waals surface area contributed by atoms with Gasteiger partial charge in [-0.05, 0) is 36.8 Å². The Kier molecular flexibility index (Phi) is 2.82. The predicted molar refractivity (Wildman–Crippen MR) is 93.2 cm³/mol. The molecule has 4 bridgehead atoms. The summed E-state index contributed by atoms with van der Waals surface area (Å²) >= 11 is 0. The second-order valence-electron chi connectivity index (χ2n) is 7.51. The van der Waals surface area contributed by atoms with Gasteiger partial charge in [0, 0.05) is 29.7 Å². The normalized spacial score (nSPS) is 33.9. The number of carboxylic acid groups (broad SMARTS) is 1. The first-order valence-corrected chi connectivity index (χ1v) is 8.93. The molecule has 0 saturated carbocycles. The van der Waals surface area contributed by atoms with Crippen molar-refractivity contribution in [2.75, 3.05) is 13.1 Å². The van der Waals surface area contributed by atoms with Crippen LogP contribution in [-0.4, -0.2) is 40.1 Å². The third-order valence-electron chi connectivity index (χ3n) is 6.38.